The van der Waals surface area contributed by atoms with Crippen molar-refractivity contribution in [3.63, 3.8) is 0 Å². The summed E-state index contributed by atoms with van der Waals surface area (Å²) < 4.78 is 0. The van der Waals surface area contributed by atoms with Crippen LogP contribution in [0.2, 0.25) is 0 Å². The first kappa shape index (κ1) is 12.1. The summed E-state index contributed by atoms with van der Waals surface area (Å²) in [4.78, 5) is 19.5. The second-order valence-corrected chi connectivity index (χ2v) is 1.39. The molecule has 0 fully saturated rings. The predicted octanol–water partition coefficient (Wildman–Crippen LogP) is -1.26. The monoisotopic (exact) mass is 192 g/mol. The smallest absolute Gasteiger partial charge is 0.317 e. The Balaban J connectivity index is 0. The number of aliphatic carboxylic acids is 2. The summed E-state index contributed by atoms with van der Waals surface area (Å²) >= 11 is 0. The standard InChI is InChI=1S/C4H7NO4.Co/c6-3(7)1-5-2-4(8)9;/h5H,1-2H2,(H,6,7)(H,8,9);. The van der Waals surface area contributed by atoms with E-state index in [1.54, 1.807) is 0 Å². The van der Waals surface area contributed by atoms with Crippen molar-refractivity contribution in [2.24, 2.45) is 0 Å². The summed E-state index contributed by atoms with van der Waals surface area (Å²) in [5, 5.41) is 18.1. The molecule has 0 bridgehead atoms. The number of carbonyl (C=O) groups is 2. The van der Waals surface area contributed by atoms with E-state index in [-0.39, 0.29) is 29.9 Å². The molecule has 0 aromatic rings. The predicted molar refractivity (Wildman–Crippen MR) is 28.1 cm³/mol. The van der Waals surface area contributed by atoms with Gasteiger partial charge in [-0.3, -0.25) is 14.9 Å². The van der Waals surface area contributed by atoms with E-state index in [1.807, 2.05) is 0 Å². The Bertz CT molecular complexity index is 112. The van der Waals surface area contributed by atoms with E-state index in [1.165, 1.54) is 0 Å². The van der Waals surface area contributed by atoms with Crippen LogP contribution in [0, 0.1) is 0 Å². The second kappa shape index (κ2) is 6.53. The van der Waals surface area contributed by atoms with Gasteiger partial charge in [0.1, 0.15) is 0 Å². The summed E-state index contributed by atoms with van der Waals surface area (Å²) in [5.74, 6) is -2.12. The van der Waals surface area contributed by atoms with Crippen LogP contribution in [0.25, 0.3) is 0 Å². The van der Waals surface area contributed by atoms with Gasteiger partial charge in [0, 0.05) is 16.8 Å². The van der Waals surface area contributed by atoms with E-state index < -0.39 is 11.9 Å². The van der Waals surface area contributed by atoms with E-state index in [0.29, 0.717) is 0 Å². The minimum Gasteiger partial charge on any atom is -0.480 e. The molecular weight excluding hydrogens is 185 g/mol. The Hall–Kier alpha value is -0.594. The van der Waals surface area contributed by atoms with Crippen molar-refractivity contribution < 1.29 is 36.6 Å². The fourth-order valence-electron chi connectivity index (χ4n) is 0.276. The van der Waals surface area contributed by atoms with Crippen molar-refractivity contribution in [2.75, 3.05) is 13.1 Å². The van der Waals surface area contributed by atoms with E-state index >= 15 is 0 Å². The Morgan fingerprint density at radius 3 is 1.60 bits per heavy atom. The average Bonchev–Trinajstić information content (AvgIpc) is 1.63. The maximum atomic E-state index is 9.73. The Morgan fingerprint density at radius 1 is 1.10 bits per heavy atom. The molecule has 0 unspecified atom stereocenters. The number of carboxylic acid groups (broad SMARTS) is 2. The second-order valence-electron chi connectivity index (χ2n) is 1.39. The fourth-order valence-corrected chi connectivity index (χ4v) is 0.276. The van der Waals surface area contributed by atoms with Gasteiger partial charge >= 0.3 is 11.9 Å². The van der Waals surface area contributed by atoms with Gasteiger partial charge in [-0.15, -0.1) is 0 Å². The molecule has 1 radical (unpaired) electrons. The van der Waals surface area contributed by atoms with Gasteiger partial charge in [-0.1, -0.05) is 0 Å². The molecule has 5 nitrogen and oxygen atoms in total. The molecule has 0 amide bonds. The molecule has 3 N–H and O–H groups in total. The summed E-state index contributed by atoms with van der Waals surface area (Å²) in [5.41, 5.74) is 0. The van der Waals surface area contributed by atoms with Crippen LogP contribution in [-0.4, -0.2) is 35.2 Å². The molecule has 0 rings (SSSR count). The molecule has 0 atom stereocenters. The molecule has 6 heteroatoms. The summed E-state index contributed by atoms with van der Waals surface area (Å²) in [7, 11) is 0. The molecule has 0 aliphatic rings. The largest absolute Gasteiger partial charge is 0.480 e. The van der Waals surface area contributed by atoms with Crippen molar-refractivity contribution >= 4 is 11.9 Å². The molecule has 61 valence electrons. The Labute approximate surface area is 67.6 Å². The molecular formula is C4H7CoNO4. The number of nitrogens with one attached hydrogen (secondary N) is 1. The van der Waals surface area contributed by atoms with Gasteiger partial charge in [0.25, 0.3) is 0 Å². The summed E-state index contributed by atoms with van der Waals surface area (Å²) in [6.07, 6.45) is 0. The zero-order valence-corrected chi connectivity index (χ0v) is 6.00. The number of hydrogen-bond donors (Lipinski definition) is 3. The van der Waals surface area contributed by atoms with Crippen LogP contribution in [-0.2, 0) is 26.4 Å². The number of carboxylic acids is 2. The third kappa shape index (κ3) is 10.4. The van der Waals surface area contributed by atoms with Gasteiger partial charge < -0.3 is 10.2 Å². The molecule has 0 heterocycles. The summed E-state index contributed by atoms with van der Waals surface area (Å²) in [6, 6.07) is 0. The third-order valence-corrected chi connectivity index (χ3v) is 0.552. The van der Waals surface area contributed by atoms with Crippen molar-refractivity contribution in [1.29, 1.82) is 0 Å². The van der Waals surface area contributed by atoms with Crippen molar-refractivity contribution in [2.45, 2.75) is 0 Å². The maximum Gasteiger partial charge on any atom is 0.317 e. The molecule has 0 saturated heterocycles. The number of rotatable bonds is 4. The van der Waals surface area contributed by atoms with Crippen LogP contribution >= 0.6 is 0 Å². The Kier molecular flexibility index (Phi) is 7.91. The molecule has 0 saturated carbocycles. The molecule has 0 aliphatic heterocycles. The first-order chi connectivity index (χ1) is 4.13. The van der Waals surface area contributed by atoms with E-state index in [4.69, 9.17) is 10.2 Å². The zero-order valence-electron chi connectivity index (χ0n) is 4.96. The van der Waals surface area contributed by atoms with Gasteiger partial charge in [-0.05, 0) is 0 Å². The fraction of sp³-hybridized carbons (Fsp3) is 0.500. The molecule has 10 heavy (non-hydrogen) atoms. The van der Waals surface area contributed by atoms with Crippen molar-refractivity contribution in [3.8, 4) is 0 Å². The van der Waals surface area contributed by atoms with Crippen molar-refractivity contribution in [1.82, 2.24) is 5.32 Å². The molecule has 0 aliphatic carbocycles. The zero-order chi connectivity index (χ0) is 7.28. The van der Waals surface area contributed by atoms with Gasteiger partial charge in [0.05, 0.1) is 13.1 Å². The van der Waals surface area contributed by atoms with Crippen LogP contribution < -0.4 is 5.32 Å². The van der Waals surface area contributed by atoms with E-state index in [0.717, 1.165) is 0 Å². The number of hydrogen-bond acceptors (Lipinski definition) is 3. The first-order valence-electron chi connectivity index (χ1n) is 2.27. The average molecular weight is 192 g/mol. The summed E-state index contributed by atoms with van der Waals surface area (Å²) in [6.45, 7) is -0.626. The first-order valence-corrected chi connectivity index (χ1v) is 2.27. The van der Waals surface area contributed by atoms with Crippen LogP contribution in [0.15, 0.2) is 0 Å². The maximum absolute atomic E-state index is 9.73. The Morgan fingerprint density at radius 2 is 1.40 bits per heavy atom. The third-order valence-electron chi connectivity index (χ3n) is 0.552. The van der Waals surface area contributed by atoms with Crippen LogP contribution in [0.4, 0.5) is 0 Å². The van der Waals surface area contributed by atoms with Gasteiger partial charge in [-0.2, -0.15) is 0 Å². The topological polar surface area (TPSA) is 86.6 Å². The normalized spacial score (nSPS) is 8.00. The van der Waals surface area contributed by atoms with Gasteiger partial charge in [-0.25, -0.2) is 0 Å². The van der Waals surface area contributed by atoms with Crippen molar-refractivity contribution in [3.05, 3.63) is 0 Å². The minimum absolute atomic E-state index is 0. The minimum atomic E-state index is -1.06. The van der Waals surface area contributed by atoms with Crippen LogP contribution in [0.5, 0.6) is 0 Å². The van der Waals surface area contributed by atoms with E-state index in [2.05, 4.69) is 5.32 Å². The van der Waals surface area contributed by atoms with Gasteiger partial charge in [0.2, 0.25) is 0 Å². The van der Waals surface area contributed by atoms with Gasteiger partial charge in [0.15, 0.2) is 0 Å². The SMILES string of the molecule is O=C(O)CNCC(=O)O.[Co]. The molecule has 0 aromatic carbocycles. The molecule has 0 spiro atoms. The van der Waals surface area contributed by atoms with Crippen LogP contribution in [0.1, 0.15) is 0 Å². The quantitative estimate of drug-likeness (QED) is 0.517. The molecule has 0 aromatic heterocycles. The van der Waals surface area contributed by atoms with E-state index in [9.17, 15) is 9.59 Å². The van der Waals surface area contributed by atoms with Crippen LogP contribution in [0.3, 0.4) is 0 Å².